The quantitative estimate of drug-likeness (QED) is 0.767. The van der Waals surface area contributed by atoms with Crippen molar-refractivity contribution in [1.29, 1.82) is 0 Å². The van der Waals surface area contributed by atoms with Crippen molar-refractivity contribution in [3.63, 3.8) is 0 Å². The van der Waals surface area contributed by atoms with Gasteiger partial charge in [0.15, 0.2) is 0 Å². The molecule has 1 aliphatic rings. The first-order valence-electron chi connectivity index (χ1n) is 9.12. The second-order valence-corrected chi connectivity index (χ2v) is 7.78. The molecule has 1 aliphatic heterocycles. The number of nitrogens with one attached hydrogen (secondary N) is 1. The van der Waals surface area contributed by atoms with Crippen LogP contribution in [0.4, 0.5) is 9.59 Å². The molecule has 2 amide bonds. The van der Waals surface area contributed by atoms with Crippen molar-refractivity contribution in [2.75, 3.05) is 13.1 Å². The number of ether oxygens (including phenoxy) is 2. The predicted molar refractivity (Wildman–Crippen MR) is 110 cm³/mol. The number of aliphatic imine (C=N–C) groups is 1. The highest BCUT2D eigenvalue weighted by Gasteiger charge is 2.36. The SMILES string of the molecule is CC1(Cl)CN=C(NC(=O)OCc2ccccc2)N(C(=O)OCc2ccccc2)C1. The topological polar surface area (TPSA) is 80.2 Å². The van der Waals surface area contributed by atoms with E-state index >= 15 is 0 Å². The molecular formula is C21H22ClN3O4. The third-order valence-corrected chi connectivity index (χ3v) is 4.39. The Balaban J connectivity index is 1.60. The summed E-state index contributed by atoms with van der Waals surface area (Å²) in [5, 5.41) is 2.51. The second kappa shape index (κ2) is 9.43. The van der Waals surface area contributed by atoms with Gasteiger partial charge in [-0.2, -0.15) is 0 Å². The van der Waals surface area contributed by atoms with Gasteiger partial charge in [0.1, 0.15) is 13.2 Å². The van der Waals surface area contributed by atoms with Crippen LogP contribution in [-0.2, 0) is 22.7 Å². The lowest BCUT2D eigenvalue weighted by Gasteiger charge is -2.34. The Kier molecular flexibility index (Phi) is 6.72. The molecule has 1 N–H and O–H groups in total. The smallest absolute Gasteiger partial charge is 0.417 e. The summed E-state index contributed by atoms with van der Waals surface area (Å²) in [4.78, 5) is 29.5. The molecule has 3 rings (SSSR count). The number of alkyl carbamates (subject to hydrolysis) is 1. The van der Waals surface area contributed by atoms with Gasteiger partial charge in [-0.25, -0.2) is 14.5 Å². The van der Waals surface area contributed by atoms with Gasteiger partial charge in [-0.1, -0.05) is 60.7 Å². The predicted octanol–water partition coefficient (Wildman–Crippen LogP) is 3.92. The normalized spacial score (nSPS) is 18.6. The standard InChI is InChI=1S/C21H22ClN3O4/c1-21(22)14-23-18(24-19(26)28-12-16-8-4-2-5-9-16)25(15-21)20(27)29-13-17-10-6-3-7-11-17/h2-11H,12-15H2,1H3,(H,23,24,26). The first-order valence-corrected chi connectivity index (χ1v) is 9.50. The molecule has 2 aromatic rings. The van der Waals surface area contributed by atoms with E-state index in [1.54, 1.807) is 6.92 Å². The molecule has 2 aromatic carbocycles. The van der Waals surface area contributed by atoms with Crippen LogP contribution < -0.4 is 5.32 Å². The fourth-order valence-electron chi connectivity index (χ4n) is 2.69. The van der Waals surface area contributed by atoms with Crippen LogP contribution in [0.3, 0.4) is 0 Å². The number of hydrogen-bond acceptors (Lipinski definition) is 5. The molecule has 0 aromatic heterocycles. The molecule has 1 heterocycles. The minimum atomic E-state index is -0.759. The molecule has 0 aliphatic carbocycles. The van der Waals surface area contributed by atoms with Gasteiger partial charge in [-0.3, -0.25) is 10.3 Å². The summed E-state index contributed by atoms with van der Waals surface area (Å²) in [5.74, 6) is 0.0549. The monoisotopic (exact) mass is 415 g/mol. The van der Waals surface area contributed by atoms with Gasteiger partial charge < -0.3 is 9.47 Å². The van der Waals surface area contributed by atoms with Crippen molar-refractivity contribution in [3.05, 3.63) is 71.8 Å². The highest BCUT2D eigenvalue weighted by Crippen LogP contribution is 2.21. The zero-order chi connectivity index (χ0) is 20.7. The Morgan fingerprint density at radius 1 is 1.03 bits per heavy atom. The van der Waals surface area contributed by atoms with Crippen LogP contribution in [0.15, 0.2) is 65.7 Å². The molecule has 29 heavy (non-hydrogen) atoms. The van der Waals surface area contributed by atoms with Gasteiger partial charge in [0.2, 0.25) is 5.96 Å². The maximum Gasteiger partial charge on any atom is 0.417 e. The molecular weight excluding hydrogens is 394 g/mol. The Hall–Kier alpha value is -3.06. The Morgan fingerprint density at radius 3 is 2.17 bits per heavy atom. The maximum absolute atomic E-state index is 12.6. The molecule has 8 heteroatoms. The summed E-state index contributed by atoms with van der Waals surface area (Å²) < 4.78 is 10.6. The molecule has 0 spiro atoms. The number of hydrogen-bond donors (Lipinski definition) is 1. The summed E-state index contributed by atoms with van der Waals surface area (Å²) >= 11 is 6.37. The number of benzene rings is 2. The third kappa shape index (κ3) is 6.22. The lowest BCUT2D eigenvalue weighted by molar-refractivity contribution is 0.110. The van der Waals surface area contributed by atoms with Gasteiger partial charge in [0.25, 0.3) is 0 Å². The molecule has 1 atom stereocenters. The number of alkyl halides is 1. The number of rotatable bonds is 4. The fourth-order valence-corrected chi connectivity index (χ4v) is 2.86. The molecule has 0 radical (unpaired) electrons. The van der Waals surface area contributed by atoms with Crippen molar-refractivity contribution in [2.45, 2.75) is 25.0 Å². The molecule has 0 bridgehead atoms. The Bertz CT molecular complexity index is 872. The van der Waals surface area contributed by atoms with E-state index in [2.05, 4.69) is 10.3 Å². The third-order valence-electron chi connectivity index (χ3n) is 4.15. The van der Waals surface area contributed by atoms with E-state index in [0.29, 0.717) is 0 Å². The molecule has 7 nitrogen and oxygen atoms in total. The van der Waals surface area contributed by atoms with Crippen LogP contribution in [0.25, 0.3) is 0 Å². The molecule has 0 fully saturated rings. The summed E-state index contributed by atoms with van der Waals surface area (Å²) in [6.45, 7) is 2.35. The zero-order valence-corrected chi connectivity index (χ0v) is 16.8. The number of amides is 2. The Morgan fingerprint density at radius 2 is 1.59 bits per heavy atom. The summed E-state index contributed by atoms with van der Waals surface area (Å²) in [5.41, 5.74) is 1.70. The van der Waals surface area contributed by atoms with Gasteiger partial charge in [-0.05, 0) is 18.1 Å². The average Bonchev–Trinajstić information content (AvgIpc) is 2.73. The van der Waals surface area contributed by atoms with E-state index in [1.807, 2.05) is 60.7 Å². The number of guanidine groups is 1. The van der Waals surface area contributed by atoms with Crippen LogP contribution >= 0.6 is 11.6 Å². The van der Waals surface area contributed by atoms with E-state index in [-0.39, 0.29) is 32.3 Å². The van der Waals surface area contributed by atoms with E-state index < -0.39 is 17.1 Å². The minimum absolute atomic E-state index is 0.0549. The van der Waals surface area contributed by atoms with Crippen molar-refractivity contribution in [2.24, 2.45) is 4.99 Å². The van der Waals surface area contributed by atoms with Crippen LogP contribution in [0.1, 0.15) is 18.1 Å². The molecule has 0 saturated carbocycles. The average molecular weight is 416 g/mol. The fraction of sp³-hybridized carbons (Fsp3) is 0.286. The van der Waals surface area contributed by atoms with Crippen LogP contribution in [0.5, 0.6) is 0 Å². The van der Waals surface area contributed by atoms with E-state index in [4.69, 9.17) is 21.1 Å². The number of carbonyl (C=O) groups excluding carboxylic acids is 2. The largest absolute Gasteiger partial charge is 0.444 e. The molecule has 152 valence electrons. The van der Waals surface area contributed by atoms with Crippen LogP contribution in [-0.4, -0.2) is 41.0 Å². The van der Waals surface area contributed by atoms with Crippen LogP contribution in [0.2, 0.25) is 0 Å². The van der Waals surface area contributed by atoms with Crippen molar-refractivity contribution in [3.8, 4) is 0 Å². The highest BCUT2D eigenvalue weighted by atomic mass is 35.5. The van der Waals surface area contributed by atoms with E-state index in [9.17, 15) is 9.59 Å². The number of nitrogens with zero attached hydrogens (tertiary/aromatic N) is 2. The van der Waals surface area contributed by atoms with Gasteiger partial charge in [0.05, 0.1) is 18.0 Å². The van der Waals surface area contributed by atoms with Gasteiger partial charge in [0, 0.05) is 0 Å². The van der Waals surface area contributed by atoms with E-state index in [1.165, 1.54) is 4.90 Å². The number of halogens is 1. The first kappa shape index (κ1) is 20.7. The zero-order valence-electron chi connectivity index (χ0n) is 16.0. The lowest BCUT2D eigenvalue weighted by Crippen LogP contribution is -2.55. The summed E-state index contributed by atoms with van der Waals surface area (Å²) in [6.07, 6.45) is -1.37. The second-order valence-electron chi connectivity index (χ2n) is 6.87. The molecule has 1 unspecified atom stereocenters. The van der Waals surface area contributed by atoms with Gasteiger partial charge in [-0.15, -0.1) is 11.6 Å². The number of carbonyl (C=O) groups is 2. The van der Waals surface area contributed by atoms with Crippen molar-refractivity contribution < 1.29 is 19.1 Å². The Labute approximate surface area is 174 Å². The molecule has 0 saturated heterocycles. The minimum Gasteiger partial charge on any atom is -0.444 e. The lowest BCUT2D eigenvalue weighted by atomic mass is 10.1. The van der Waals surface area contributed by atoms with Crippen molar-refractivity contribution >= 4 is 29.7 Å². The first-order chi connectivity index (χ1) is 13.9. The summed E-state index contributed by atoms with van der Waals surface area (Å²) in [6, 6.07) is 18.6. The van der Waals surface area contributed by atoms with Crippen molar-refractivity contribution in [1.82, 2.24) is 10.2 Å². The van der Waals surface area contributed by atoms with E-state index in [0.717, 1.165) is 11.1 Å². The summed E-state index contributed by atoms with van der Waals surface area (Å²) in [7, 11) is 0. The highest BCUT2D eigenvalue weighted by molar-refractivity contribution is 6.24. The maximum atomic E-state index is 12.6. The van der Waals surface area contributed by atoms with Gasteiger partial charge >= 0.3 is 12.2 Å². The van der Waals surface area contributed by atoms with Crippen LogP contribution in [0, 0.1) is 0 Å².